The van der Waals surface area contributed by atoms with Crippen LogP contribution in [0.4, 0.5) is 0 Å². The molecule has 1 aliphatic heterocycles. The zero-order chi connectivity index (χ0) is 12.8. The van der Waals surface area contributed by atoms with Crippen molar-refractivity contribution in [3.05, 3.63) is 0 Å². The van der Waals surface area contributed by atoms with E-state index in [2.05, 4.69) is 16.1 Å². The van der Waals surface area contributed by atoms with Crippen LogP contribution in [-0.2, 0) is 4.79 Å². The Hall–Kier alpha value is -1.01. The smallest absolute Gasteiger partial charge is 0.222 e. The van der Waals surface area contributed by atoms with Crippen molar-refractivity contribution < 1.29 is 4.79 Å². The lowest BCUT2D eigenvalue weighted by Crippen LogP contribution is -2.42. The average molecular weight is 248 g/mol. The van der Waals surface area contributed by atoms with Crippen molar-refractivity contribution >= 4 is 5.91 Å². The first-order valence-corrected chi connectivity index (χ1v) is 7.27. The fourth-order valence-electron chi connectivity index (χ4n) is 2.64. The maximum Gasteiger partial charge on any atom is 0.222 e. The fraction of sp³-hybridized carbons (Fsp3) is 0.800. The van der Waals surface area contributed by atoms with Crippen molar-refractivity contribution in [1.29, 1.82) is 0 Å². The van der Waals surface area contributed by atoms with Gasteiger partial charge in [0.05, 0.1) is 0 Å². The third-order valence-electron chi connectivity index (χ3n) is 3.85. The number of carbonyl (C=O) groups is 1. The molecule has 0 aromatic carbocycles. The fourth-order valence-corrected chi connectivity index (χ4v) is 2.64. The first kappa shape index (κ1) is 13.4. The van der Waals surface area contributed by atoms with E-state index in [1.165, 1.54) is 25.7 Å². The van der Waals surface area contributed by atoms with E-state index in [0.717, 1.165) is 32.4 Å². The lowest BCUT2D eigenvalue weighted by atomic mass is 10.1. The lowest BCUT2D eigenvalue weighted by Gasteiger charge is -2.26. The van der Waals surface area contributed by atoms with Crippen LogP contribution in [0, 0.1) is 12.3 Å². The minimum Gasteiger partial charge on any atom is -0.338 e. The molecule has 1 unspecified atom stereocenters. The first-order valence-electron chi connectivity index (χ1n) is 7.27. The standard InChI is InChI=1S/C15H24N2O/c1-2-3-4-5-8-15(18)17(14-9-10-14)12-13-7-6-11-16-13/h1,13-14,16H,3-12H2. The van der Waals surface area contributed by atoms with Gasteiger partial charge in [0, 0.05) is 31.5 Å². The number of carbonyl (C=O) groups excluding carboxylic acids is 1. The molecule has 0 radical (unpaired) electrons. The van der Waals surface area contributed by atoms with E-state index in [0.29, 0.717) is 24.4 Å². The predicted octanol–water partition coefficient (Wildman–Crippen LogP) is 1.92. The third kappa shape index (κ3) is 4.03. The summed E-state index contributed by atoms with van der Waals surface area (Å²) in [7, 11) is 0. The SMILES string of the molecule is C#CCCCCC(=O)N(CC1CCCN1)C1CC1. The maximum absolute atomic E-state index is 12.2. The third-order valence-corrected chi connectivity index (χ3v) is 3.85. The monoisotopic (exact) mass is 248 g/mol. The van der Waals surface area contributed by atoms with Gasteiger partial charge in [-0.2, -0.15) is 0 Å². The van der Waals surface area contributed by atoms with Gasteiger partial charge in [0.25, 0.3) is 0 Å². The molecule has 1 N–H and O–H groups in total. The van der Waals surface area contributed by atoms with Crippen molar-refractivity contribution in [2.24, 2.45) is 0 Å². The number of hydrogen-bond acceptors (Lipinski definition) is 2. The molecule has 0 aromatic heterocycles. The van der Waals surface area contributed by atoms with Gasteiger partial charge in [0.15, 0.2) is 0 Å². The summed E-state index contributed by atoms with van der Waals surface area (Å²) in [5.41, 5.74) is 0. The highest BCUT2D eigenvalue weighted by Gasteiger charge is 2.33. The molecule has 3 heteroatoms. The molecule has 100 valence electrons. The van der Waals surface area contributed by atoms with Gasteiger partial charge in [0.1, 0.15) is 0 Å². The predicted molar refractivity (Wildman–Crippen MR) is 73.1 cm³/mol. The van der Waals surface area contributed by atoms with Gasteiger partial charge in [-0.25, -0.2) is 0 Å². The highest BCUT2D eigenvalue weighted by Crippen LogP contribution is 2.28. The minimum absolute atomic E-state index is 0.336. The van der Waals surface area contributed by atoms with Crippen LogP contribution >= 0.6 is 0 Å². The zero-order valence-electron chi connectivity index (χ0n) is 11.2. The summed E-state index contributed by atoms with van der Waals surface area (Å²) in [5.74, 6) is 2.97. The summed E-state index contributed by atoms with van der Waals surface area (Å²) < 4.78 is 0. The Kier molecular flexibility index (Phi) is 5.07. The average Bonchev–Trinajstić information content (AvgIpc) is 3.08. The maximum atomic E-state index is 12.2. The van der Waals surface area contributed by atoms with Gasteiger partial charge in [0.2, 0.25) is 5.91 Å². The Bertz CT molecular complexity index is 311. The topological polar surface area (TPSA) is 32.3 Å². The number of hydrogen-bond donors (Lipinski definition) is 1. The van der Waals surface area contributed by atoms with Crippen molar-refractivity contribution in [2.45, 2.75) is 63.5 Å². The summed E-state index contributed by atoms with van der Waals surface area (Å²) in [6.45, 7) is 2.03. The van der Waals surface area contributed by atoms with Crippen LogP contribution in [0.5, 0.6) is 0 Å². The molecular formula is C15H24N2O. The summed E-state index contributed by atoms with van der Waals surface area (Å²) >= 11 is 0. The van der Waals surface area contributed by atoms with E-state index in [-0.39, 0.29) is 0 Å². The van der Waals surface area contributed by atoms with Crippen molar-refractivity contribution in [3.8, 4) is 12.3 Å². The molecule has 1 amide bonds. The Morgan fingerprint density at radius 2 is 2.17 bits per heavy atom. The molecule has 1 saturated heterocycles. The number of amides is 1. The van der Waals surface area contributed by atoms with Crippen LogP contribution in [0.25, 0.3) is 0 Å². The molecule has 3 nitrogen and oxygen atoms in total. The van der Waals surface area contributed by atoms with Crippen LogP contribution in [0.3, 0.4) is 0 Å². The largest absolute Gasteiger partial charge is 0.338 e. The van der Waals surface area contributed by atoms with Crippen LogP contribution in [-0.4, -0.2) is 36.0 Å². The summed E-state index contributed by atoms with van der Waals surface area (Å²) in [6.07, 6.45) is 13.5. The lowest BCUT2D eigenvalue weighted by molar-refractivity contribution is -0.132. The van der Waals surface area contributed by atoms with Crippen LogP contribution < -0.4 is 5.32 Å². The Morgan fingerprint density at radius 3 is 2.78 bits per heavy atom. The van der Waals surface area contributed by atoms with Gasteiger partial charge >= 0.3 is 0 Å². The number of rotatable bonds is 7. The molecule has 2 aliphatic rings. The second-order valence-electron chi connectivity index (χ2n) is 5.48. The van der Waals surface area contributed by atoms with Crippen molar-refractivity contribution in [2.75, 3.05) is 13.1 Å². The van der Waals surface area contributed by atoms with Crippen LogP contribution in [0.1, 0.15) is 51.4 Å². The number of nitrogens with one attached hydrogen (secondary N) is 1. The van der Waals surface area contributed by atoms with Gasteiger partial charge in [-0.15, -0.1) is 12.3 Å². The van der Waals surface area contributed by atoms with Crippen molar-refractivity contribution in [1.82, 2.24) is 10.2 Å². The van der Waals surface area contributed by atoms with Crippen LogP contribution in [0.15, 0.2) is 0 Å². The Morgan fingerprint density at radius 1 is 1.33 bits per heavy atom. The molecule has 0 bridgehead atoms. The minimum atomic E-state index is 0.336. The van der Waals surface area contributed by atoms with E-state index < -0.39 is 0 Å². The first-order chi connectivity index (χ1) is 8.81. The molecule has 2 fully saturated rings. The summed E-state index contributed by atoms with van der Waals surface area (Å²) in [4.78, 5) is 14.3. The van der Waals surface area contributed by atoms with E-state index in [9.17, 15) is 4.79 Å². The second kappa shape index (κ2) is 6.80. The second-order valence-corrected chi connectivity index (χ2v) is 5.48. The number of unbranched alkanes of at least 4 members (excludes halogenated alkanes) is 2. The molecular weight excluding hydrogens is 224 g/mol. The number of terminal acetylenes is 1. The molecule has 1 heterocycles. The molecule has 0 aromatic rings. The molecule has 1 atom stereocenters. The normalized spacial score (nSPS) is 22.7. The molecule has 2 rings (SSSR count). The van der Waals surface area contributed by atoms with E-state index in [1.807, 2.05) is 0 Å². The van der Waals surface area contributed by atoms with Gasteiger partial charge in [-0.3, -0.25) is 4.79 Å². The van der Waals surface area contributed by atoms with Gasteiger partial charge in [-0.05, 0) is 45.1 Å². The van der Waals surface area contributed by atoms with E-state index >= 15 is 0 Å². The highest BCUT2D eigenvalue weighted by molar-refractivity contribution is 5.76. The number of nitrogens with zero attached hydrogens (tertiary/aromatic N) is 1. The van der Waals surface area contributed by atoms with Crippen molar-refractivity contribution in [3.63, 3.8) is 0 Å². The van der Waals surface area contributed by atoms with Crippen LogP contribution in [0.2, 0.25) is 0 Å². The molecule has 1 aliphatic carbocycles. The van der Waals surface area contributed by atoms with Gasteiger partial charge < -0.3 is 10.2 Å². The molecule has 1 saturated carbocycles. The summed E-state index contributed by atoms with van der Waals surface area (Å²) in [5, 5.41) is 3.48. The molecule has 0 spiro atoms. The Labute approximate surface area is 110 Å². The quantitative estimate of drug-likeness (QED) is 0.551. The Balaban J connectivity index is 1.74. The van der Waals surface area contributed by atoms with E-state index in [4.69, 9.17) is 6.42 Å². The molecule has 18 heavy (non-hydrogen) atoms. The van der Waals surface area contributed by atoms with Gasteiger partial charge in [-0.1, -0.05) is 0 Å². The summed E-state index contributed by atoms with van der Waals surface area (Å²) in [6, 6.07) is 1.06. The highest BCUT2D eigenvalue weighted by atomic mass is 16.2. The zero-order valence-corrected chi connectivity index (χ0v) is 11.2. The van der Waals surface area contributed by atoms with E-state index in [1.54, 1.807) is 0 Å².